The largest absolute Gasteiger partial charge is 0.497 e. The average Bonchev–Trinajstić information content (AvgIpc) is 3.36. The van der Waals surface area contributed by atoms with E-state index < -0.39 is 17.4 Å². The lowest BCUT2D eigenvalue weighted by molar-refractivity contribution is 0.0989. The maximum absolute atomic E-state index is 13.5. The molecular formula is C30H26N4O5S. The number of carbonyl (C=O) groups is 2. The Hall–Kier alpha value is -4.96. The maximum Gasteiger partial charge on any atom is 0.274 e. The number of para-hydroxylation sites is 1. The number of aromatic nitrogens is 2. The molecule has 202 valence electrons. The standard InChI is InChI=1S/C30H26N4O5S/c1-3-7-21-18-25(35)34-26(28(36)31-19-10-14-22(38-2)15-11-19)27(40-30(34)33-21)29(37)32-20-12-16-24(17-13-20)39-23-8-5-4-6-9-23/h4-6,8-18H,3,7H2,1-2H3,(H,31,36)(H,32,37). The van der Waals surface area contributed by atoms with Crippen LogP contribution in [0.5, 0.6) is 17.2 Å². The summed E-state index contributed by atoms with van der Waals surface area (Å²) in [5.74, 6) is 0.772. The molecule has 0 saturated carbocycles. The van der Waals surface area contributed by atoms with Gasteiger partial charge in [0.05, 0.1) is 7.11 Å². The molecule has 10 heteroatoms. The van der Waals surface area contributed by atoms with Crippen LogP contribution in [0.25, 0.3) is 4.96 Å². The molecule has 0 fully saturated rings. The van der Waals surface area contributed by atoms with Crippen molar-refractivity contribution in [3.8, 4) is 17.2 Å². The number of aryl methyl sites for hydroxylation is 1. The molecule has 0 bridgehead atoms. The predicted molar refractivity (Wildman–Crippen MR) is 155 cm³/mol. The maximum atomic E-state index is 13.5. The fourth-order valence-electron chi connectivity index (χ4n) is 4.05. The van der Waals surface area contributed by atoms with Crippen molar-refractivity contribution in [2.75, 3.05) is 17.7 Å². The first-order valence-corrected chi connectivity index (χ1v) is 13.4. The van der Waals surface area contributed by atoms with Gasteiger partial charge in [0, 0.05) is 23.1 Å². The van der Waals surface area contributed by atoms with Crippen molar-refractivity contribution in [2.45, 2.75) is 19.8 Å². The Balaban J connectivity index is 1.45. The number of nitrogens with one attached hydrogen (secondary N) is 2. The van der Waals surface area contributed by atoms with E-state index in [4.69, 9.17) is 9.47 Å². The number of benzene rings is 3. The van der Waals surface area contributed by atoms with E-state index in [1.165, 1.54) is 10.5 Å². The van der Waals surface area contributed by atoms with Crippen molar-refractivity contribution in [3.63, 3.8) is 0 Å². The Morgan fingerprint density at radius 3 is 2.08 bits per heavy atom. The quantitative estimate of drug-likeness (QED) is 0.231. The molecular weight excluding hydrogens is 528 g/mol. The summed E-state index contributed by atoms with van der Waals surface area (Å²) in [6, 6.07) is 24.3. The first-order valence-electron chi connectivity index (χ1n) is 12.6. The monoisotopic (exact) mass is 554 g/mol. The third-order valence-corrected chi connectivity index (χ3v) is 6.98. The van der Waals surface area contributed by atoms with Crippen molar-refractivity contribution < 1.29 is 19.1 Å². The van der Waals surface area contributed by atoms with Crippen molar-refractivity contribution >= 4 is 39.5 Å². The number of amides is 2. The smallest absolute Gasteiger partial charge is 0.274 e. The van der Waals surface area contributed by atoms with E-state index >= 15 is 0 Å². The minimum atomic E-state index is -0.611. The molecule has 3 aromatic carbocycles. The molecule has 2 aromatic heterocycles. The van der Waals surface area contributed by atoms with Gasteiger partial charge in [-0.2, -0.15) is 0 Å². The number of hydrogen-bond acceptors (Lipinski definition) is 7. The molecule has 9 nitrogen and oxygen atoms in total. The third-order valence-electron chi connectivity index (χ3n) is 5.94. The van der Waals surface area contributed by atoms with Gasteiger partial charge in [-0.3, -0.25) is 14.4 Å². The van der Waals surface area contributed by atoms with E-state index in [0.717, 1.165) is 17.8 Å². The van der Waals surface area contributed by atoms with Crippen molar-refractivity contribution in [1.82, 2.24) is 9.38 Å². The Kier molecular flexibility index (Phi) is 7.88. The van der Waals surface area contributed by atoms with Crippen LogP contribution in [-0.4, -0.2) is 28.3 Å². The third kappa shape index (κ3) is 5.87. The lowest BCUT2D eigenvalue weighted by atomic mass is 10.2. The zero-order chi connectivity index (χ0) is 28.1. The minimum Gasteiger partial charge on any atom is -0.497 e. The average molecular weight is 555 g/mol. The number of fused-ring (bicyclic) bond motifs is 1. The van der Waals surface area contributed by atoms with Crippen LogP contribution in [0.15, 0.2) is 89.7 Å². The molecule has 0 saturated heterocycles. The molecule has 0 aliphatic carbocycles. The summed E-state index contributed by atoms with van der Waals surface area (Å²) < 4.78 is 12.2. The number of hydrogen-bond donors (Lipinski definition) is 2. The second-order valence-electron chi connectivity index (χ2n) is 8.81. The number of rotatable bonds is 9. The molecule has 0 aliphatic rings. The molecule has 0 radical (unpaired) electrons. The summed E-state index contributed by atoms with van der Waals surface area (Å²) in [6.45, 7) is 1.99. The summed E-state index contributed by atoms with van der Waals surface area (Å²) in [5.41, 5.74) is 1.08. The summed E-state index contributed by atoms with van der Waals surface area (Å²) in [6.07, 6.45) is 1.41. The number of ether oxygens (including phenoxy) is 2. The molecule has 5 aromatic rings. The summed E-state index contributed by atoms with van der Waals surface area (Å²) in [4.78, 5) is 44.9. The highest BCUT2D eigenvalue weighted by molar-refractivity contribution is 7.19. The van der Waals surface area contributed by atoms with Gasteiger partial charge in [-0.15, -0.1) is 0 Å². The van der Waals surface area contributed by atoms with Crippen LogP contribution in [0.3, 0.4) is 0 Å². The number of thiazole rings is 1. The van der Waals surface area contributed by atoms with E-state index in [-0.39, 0.29) is 15.5 Å². The van der Waals surface area contributed by atoms with Crippen LogP contribution in [-0.2, 0) is 6.42 Å². The normalized spacial score (nSPS) is 10.8. The fraction of sp³-hybridized carbons (Fsp3) is 0.133. The number of nitrogens with zero attached hydrogens (tertiary/aromatic N) is 2. The van der Waals surface area contributed by atoms with Gasteiger partial charge in [-0.1, -0.05) is 42.9 Å². The van der Waals surface area contributed by atoms with Gasteiger partial charge in [0.1, 0.15) is 27.8 Å². The van der Waals surface area contributed by atoms with E-state index in [2.05, 4.69) is 15.6 Å². The minimum absolute atomic E-state index is 0.0638. The Morgan fingerprint density at radius 1 is 0.850 bits per heavy atom. The summed E-state index contributed by atoms with van der Waals surface area (Å²) in [7, 11) is 1.55. The fourth-order valence-corrected chi connectivity index (χ4v) is 5.09. The Labute approximate surface area is 234 Å². The van der Waals surface area contributed by atoms with Gasteiger partial charge in [0.2, 0.25) is 0 Å². The summed E-state index contributed by atoms with van der Waals surface area (Å²) in [5, 5.41) is 5.59. The lowest BCUT2D eigenvalue weighted by Gasteiger charge is -2.10. The van der Waals surface area contributed by atoms with Gasteiger partial charge in [0.15, 0.2) is 4.96 Å². The van der Waals surface area contributed by atoms with Gasteiger partial charge in [-0.05, 0) is 67.1 Å². The molecule has 0 spiro atoms. The molecule has 2 amide bonds. The van der Waals surface area contributed by atoms with Gasteiger partial charge in [0.25, 0.3) is 17.4 Å². The van der Waals surface area contributed by atoms with Crippen molar-refractivity contribution in [2.24, 2.45) is 0 Å². The van der Waals surface area contributed by atoms with Crippen LogP contribution in [0, 0.1) is 0 Å². The van der Waals surface area contributed by atoms with Crippen LogP contribution >= 0.6 is 11.3 Å². The lowest BCUT2D eigenvalue weighted by Crippen LogP contribution is -2.25. The Bertz CT molecular complexity index is 1710. The first-order chi connectivity index (χ1) is 19.4. The highest BCUT2D eigenvalue weighted by atomic mass is 32.1. The molecule has 40 heavy (non-hydrogen) atoms. The van der Waals surface area contributed by atoms with Crippen LogP contribution in [0.1, 0.15) is 39.2 Å². The Morgan fingerprint density at radius 2 is 1.45 bits per heavy atom. The zero-order valence-electron chi connectivity index (χ0n) is 21.8. The number of methoxy groups -OCH3 is 1. The van der Waals surface area contributed by atoms with Gasteiger partial charge in [-0.25, -0.2) is 9.38 Å². The molecule has 0 atom stereocenters. The number of carbonyl (C=O) groups excluding carboxylic acids is 2. The van der Waals surface area contributed by atoms with E-state index in [0.29, 0.717) is 40.7 Å². The summed E-state index contributed by atoms with van der Waals surface area (Å²) >= 11 is 0.990. The van der Waals surface area contributed by atoms with Crippen LogP contribution in [0.2, 0.25) is 0 Å². The zero-order valence-corrected chi connectivity index (χ0v) is 22.7. The highest BCUT2D eigenvalue weighted by Gasteiger charge is 2.26. The molecule has 2 N–H and O–H groups in total. The van der Waals surface area contributed by atoms with E-state index in [9.17, 15) is 14.4 Å². The first kappa shape index (κ1) is 26.6. The molecule has 2 heterocycles. The van der Waals surface area contributed by atoms with Crippen LogP contribution in [0.4, 0.5) is 11.4 Å². The second kappa shape index (κ2) is 11.8. The van der Waals surface area contributed by atoms with E-state index in [1.54, 1.807) is 55.6 Å². The van der Waals surface area contributed by atoms with Crippen molar-refractivity contribution in [1.29, 1.82) is 0 Å². The van der Waals surface area contributed by atoms with Crippen molar-refractivity contribution in [3.05, 3.63) is 112 Å². The SMILES string of the molecule is CCCc1cc(=O)n2c(C(=O)Nc3ccc(OC)cc3)c(C(=O)Nc3ccc(Oc4ccccc4)cc3)sc2n1. The van der Waals surface area contributed by atoms with E-state index in [1.807, 2.05) is 37.3 Å². The van der Waals surface area contributed by atoms with Crippen LogP contribution < -0.4 is 25.7 Å². The second-order valence-corrected chi connectivity index (χ2v) is 9.79. The molecule has 0 aliphatic heterocycles. The highest BCUT2D eigenvalue weighted by Crippen LogP contribution is 2.26. The van der Waals surface area contributed by atoms with Gasteiger partial charge < -0.3 is 20.1 Å². The molecule has 5 rings (SSSR count). The predicted octanol–water partition coefficient (Wildman–Crippen LogP) is 6.01. The van der Waals surface area contributed by atoms with Gasteiger partial charge >= 0.3 is 0 Å². The molecule has 0 unspecified atom stereocenters. The topological polar surface area (TPSA) is 111 Å². The number of anilines is 2.